The van der Waals surface area contributed by atoms with Gasteiger partial charge in [0.15, 0.2) is 0 Å². The van der Waals surface area contributed by atoms with Crippen LogP contribution in [0.25, 0.3) is 0 Å². The summed E-state index contributed by atoms with van der Waals surface area (Å²) in [6.07, 6.45) is 6.05. The number of halogens is 2. The van der Waals surface area contributed by atoms with Crippen molar-refractivity contribution in [2.75, 3.05) is 13.7 Å². The number of ether oxygens (including phenoxy) is 1. The molecule has 1 aliphatic carbocycles. The molecule has 0 bridgehead atoms. The van der Waals surface area contributed by atoms with E-state index in [4.69, 9.17) is 4.74 Å². The Balaban J connectivity index is 1.40. The summed E-state index contributed by atoms with van der Waals surface area (Å²) in [5, 5.41) is 5.31. The summed E-state index contributed by atoms with van der Waals surface area (Å²) in [4.78, 5) is 40.6. The summed E-state index contributed by atoms with van der Waals surface area (Å²) < 4.78 is 32.1. The van der Waals surface area contributed by atoms with Crippen molar-refractivity contribution >= 4 is 17.7 Å². The molecule has 9 heteroatoms. The Bertz CT molecular complexity index is 1160. The van der Waals surface area contributed by atoms with Gasteiger partial charge in [-0.2, -0.15) is 0 Å². The molecule has 0 unspecified atom stereocenters. The number of nitrogens with zero attached hydrogens (tertiary/aromatic N) is 1. The van der Waals surface area contributed by atoms with Gasteiger partial charge in [-0.15, -0.1) is 0 Å². The van der Waals surface area contributed by atoms with Crippen LogP contribution in [-0.2, 0) is 20.8 Å². The van der Waals surface area contributed by atoms with Crippen molar-refractivity contribution in [2.24, 2.45) is 5.92 Å². The highest BCUT2D eigenvalue weighted by molar-refractivity contribution is 5.92. The molecule has 1 heterocycles. The van der Waals surface area contributed by atoms with Crippen LogP contribution in [0.5, 0.6) is 5.75 Å². The molecule has 0 spiro atoms. The van der Waals surface area contributed by atoms with Gasteiger partial charge in [0.25, 0.3) is 0 Å². The number of carbonyl (C=O) groups is 3. The lowest BCUT2D eigenvalue weighted by atomic mass is 10.0. The molecule has 2 aromatic rings. The van der Waals surface area contributed by atoms with Crippen molar-refractivity contribution in [1.82, 2.24) is 15.5 Å². The topological polar surface area (TPSA) is 87.7 Å². The average Bonchev–Trinajstić information content (AvgIpc) is 3.69. The zero-order valence-electron chi connectivity index (χ0n) is 20.9. The Morgan fingerprint density at radius 1 is 1.11 bits per heavy atom. The predicted octanol–water partition coefficient (Wildman–Crippen LogP) is 3.45. The van der Waals surface area contributed by atoms with Crippen LogP contribution in [0.4, 0.5) is 8.78 Å². The van der Waals surface area contributed by atoms with Crippen LogP contribution >= 0.6 is 0 Å². The van der Waals surface area contributed by atoms with E-state index in [0.717, 1.165) is 42.4 Å². The lowest BCUT2D eigenvalue weighted by Crippen LogP contribution is -2.53. The minimum absolute atomic E-state index is 0.159. The molecule has 0 aromatic heterocycles. The number of carbonyl (C=O) groups excluding carboxylic acids is 3. The zero-order valence-corrected chi connectivity index (χ0v) is 20.9. The van der Waals surface area contributed by atoms with Crippen molar-refractivity contribution in [1.29, 1.82) is 0 Å². The summed E-state index contributed by atoms with van der Waals surface area (Å²) >= 11 is 0. The van der Waals surface area contributed by atoms with Crippen LogP contribution in [0.3, 0.4) is 0 Å². The van der Waals surface area contributed by atoms with Gasteiger partial charge in [0.1, 0.15) is 29.5 Å². The first-order chi connectivity index (χ1) is 17.7. The number of hydrogen-bond acceptors (Lipinski definition) is 4. The summed E-state index contributed by atoms with van der Waals surface area (Å²) in [6.45, 7) is 2.10. The van der Waals surface area contributed by atoms with Gasteiger partial charge in [0, 0.05) is 12.6 Å². The molecule has 2 aromatic carbocycles. The van der Waals surface area contributed by atoms with E-state index in [9.17, 15) is 23.2 Å². The predicted molar refractivity (Wildman–Crippen MR) is 134 cm³/mol. The van der Waals surface area contributed by atoms with Crippen LogP contribution in [0.1, 0.15) is 43.4 Å². The third kappa shape index (κ3) is 6.93. The molecule has 2 aliphatic rings. The van der Waals surface area contributed by atoms with Crippen molar-refractivity contribution in [3.63, 3.8) is 0 Å². The quantitative estimate of drug-likeness (QED) is 0.505. The second-order valence-corrected chi connectivity index (χ2v) is 9.62. The van der Waals surface area contributed by atoms with Crippen LogP contribution < -0.4 is 15.4 Å². The molecule has 0 saturated heterocycles. The summed E-state index contributed by atoms with van der Waals surface area (Å²) in [5.74, 6) is -1.65. The summed E-state index contributed by atoms with van der Waals surface area (Å²) in [7, 11) is 1.60. The Kier molecular flexibility index (Phi) is 8.21. The molecule has 1 saturated carbocycles. The number of methoxy groups -OCH3 is 1. The molecule has 3 atom stereocenters. The molecular weight excluding hydrogens is 480 g/mol. The molecule has 1 fully saturated rings. The van der Waals surface area contributed by atoms with Crippen LogP contribution in [-0.4, -0.2) is 48.4 Å². The third-order valence-corrected chi connectivity index (χ3v) is 6.59. The van der Waals surface area contributed by atoms with E-state index in [0.29, 0.717) is 18.9 Å². The van der Waals surface area contributed by atoms with Crippen molar-refractivity contribution < 1.29 is 27.9 Å². The highest BCUT2D eigenvalue weighted by Crippen LogP contribution is 2.35. The molecule has 4 rings (SSSR count). The van der Waals surface area contributed by atoms with Crippen LogP contribution in [0.2, 0.25) is 0 Å². The maximum atomic E-state index is 13.6. The molecule has 2 N–H and O–H groups in total. The Morgan fingerprint density at radius 3 is 2.41 bits per heavy atom. The molecular formula is C28H31F2N3O4. The van der Waals surface area contributed by atoms with Crippen LogP contribution in [0.15, 0.2) is 54.6 Å². The van der Waals surface area contributed by atoms with Gasteiger partial charge in [-0.1, -0.05) is 24.3 Å². The number of benzene rings is 2. The smallest absolute Gasteiger partial charge is 0.246 e. The zero-order chi connectivity index (χ0) is 26.5. The van der Waals surface area contributed by atoms with E-state index in [1.54, 1.807) is 7.11 Å². The Hall–Kier alpha value is -3.75. The van der Waals surface area contributed by atoms with Gasteiger partial charge in [0.05, 0.1) is 19.6 Å². The average molecular weight is 512 g/mol. The van der Waals surface area contributed by atoms with E-state index in [-0.39, 0.29) is 23.9 Å². The first-order valence-electron chi connectivity index (χ1n) is 12.4. The van der Waals surface area contributed by atoms with Gasteiger partial charge >= 0.3 is 0 Å². The van der Waals surface area contributed by atoms with Gasteiger partial charge in [0.2, 0.25) is 17.7 Å². The van der Waals surface area contributed by atoms with Gasteiger partial charge in [-0.25, -0.2) is 8.78 Å². The third-order valence-electron chi connectivity index (χ3n) is 6.59. The van der Waals surface area contributed by atoms with Gasteiger partial charge < -0.3 is 20.3 Å². The highest BCUT2D eigenvalue weighted by Gasteiger charge is 2.36. The SMILES string of the molecule is COc1ccc([C@@H]2C=CC[C@@H](NC(=O)[C@H](C)NC(=O)Cc3cc(F)cc(F)c3)C(=O)N2CC2CC2)cc1. The van der Waals surface area contributed by atoms with Crippen molar-refractivity contribution in [3.05, 3.63) is 77.4 Å². The van der Waals surface area contributed by atoms with Crippen molar-refractivity contribution in [2.45, 2.75) is 50.7 Å². The second kappa shape index (κ2) is 11.5. The first-order valence-corrected chi connectivity index (χ1v) is 12.4. The largest absolute Gasteiger partial charge is 0.497 e. The van der Waals surface area contributed by atoms with E-state index in [1.807, 2.05) is 41.3 Å². The van der Waals surface area contributed by atoms with E-state index in [2.05, 4.69) is 10.6 Å². The van der Waals surface area contributed by atoms with Gasteiger partial charge in [-0.3, -0.25) is 14.4 Å². The van der Waals surface area contributed by atoms with E-state index < -0.39 is 35.5 Å². The molecule has 1 aliphatic heterocycles. The fourth-order valence-electron chi connectivity index (χ4n) is 4.43. The normalized spacial score (nSPS) is 20.2. The number of amides is 3. The fraction of sp³-hybridized carbons (Fsp3) is 0.393. The molecule has 196 valence electrons. The summed E-state index contributed by atoms with van der Waals surface area (Å²) in [6, 6.07) is 8.46. The molecule has 7 nitrogen and oxygen atoms in total. The highest BCUT2D eigenvalue weighted by atomic mass is 19.1. The summed E-state index contributed by atoms with van der Waals surface area (Å²) in [5.41, 5.74) is 1.11. The lowest BCUT2D eigenvalue weighted by molar-refractivity contribution is -0.138. The number of nitrogens with one attached hydrogen (secondary N) is 2. The van der Waals surface area contributed by atoms with Gasteiger partial charge in [-0.05, 0) is 67.5 Å². The van der Waals surface area contributed by atoms with E-state index in [1.165, 1.54) is 6.92 Å². The monoisotopic (exact) mass is 511 g/mol. The lowest BCUT2D eigenvalue weighted by Gasteiger charge is -2.32. The molecule has 37 heavy (non-hydrogen) atoms. The second-order valence-electron chi connectivity index (χ2n) is 9.62. The maximum absolute atomic E-state index is 13.6. The molecule has 3 amide bonds. The van der Waals surface area contributed by atoms with Crippen molar-refractivity contribution in [3.8, 4) is 5.75 Å². The Morgan fingerprint density at radius 2 is 1.78 bits per heavy atom. The number of hydrogen-bond donors (Lipinski definition) is 2. The minimum atomic E-state index is -0.944. The Labute approximate surface area is 214 Å². The standard InChI is InChI=1S/C28H31F2N3O4/c1-17(31-26(34)14-19-12-21(29)15-22(30)13-19)27(35)32-24-4-3-5-25(20-8-10-23(37-2)11-9-20)33(28(24)36)16-18-6-7-18/h3,5,8-13,15,17-18,24-25H,4,6-7,14,16H2,1-2H3,(H,31,34)(H,32,35)/t17-,24+,25-/m0/s1. The van der Waals surface area contributed by atoms with E-state index >= 15 is 0 Å². The fourth-order valence-corrected chi connectivity index (χ4v) is 4.43. The minimum Gasteiger partial charge on any atom is -0.497 e. The number of rotatable bonds is 9. The maximum Gasteiger partial charge on any atom is 0.246 e. The van der Waals surface area contributed by atoms with Crippen LogP contribution in [0, 0.1) is 17.6 Å². The first kappa shape index (κ1) is 26.3. The molecule has 0 radical (unpaired) electrons.